The van der Waals surface area contributed by atoms with Gasteiger partial charge >= 0.3 is 0 Å². The maximum Gasteiger partial charge on any atom is 0.0233 e. The monoisotopic (exact) mass is 279 g/mol. The first-order chi connectivity index (χ1) is 10.3. The molecule has 0 saturated carbocycles. The van der Waals surface area contributed by atoms with Gasteiger partial charge in [-0.25, -0.2) is 0 Å². The highest BCUT2D eigenvalue weighted by Crippen LogP contribution is 2.28. The minimum atomic E-state index is 0.753. The molecule has 21 heavy (non-hydrogen) atoms. The third kappa shape index (κ3) is 3.74. The zero-order valence-electron chi connectivity index (χ0n) is 13.0. The molecule has 1 heterocycles. The predicted octanol–water partition coefficient (Wildman–Crippen LogP) is 4.63. The third-order valence-corrected chi connectivity index (χ3v) is 4.70. The van der Waals surface area contributed by atoms with E-state index in [2.05, 4.69) is 66.4 Å². The Balaban J connectivity index is 1.54. The lowest BCUT2D eigenvalue weighted by Crippen LogP contribution is -2.32. The Morgan fingerprint density at radius 3 is 2.14 bits per heavy atom. The molecule has 1 nitrogen and oxygen atoms in total. The van der Waals surface area contributed by atoms with Crippen molar-refractivity contribution in [2.45, 2.75) is 38.6 Å². The Labute approximate surface area is 128 Å². The summed E-state index contributed by atoms with van der Waals surface area (Å²) in [5, 5.41) is 0. The van der Waals surface area contributed by atoms with Gasteiger partial charge in [0.2, 0.25) is 0 Å². The van der Waals surface area contributed by atoms with Gasteiger partial charge in [-0.1, -0.05) is 61.5 Å². The van der Waals surface area contributed by atoms with Crippen LogP contribution in [0.2, 0.25) is 0 Å². The van der Waals surface area contributed by atoms with Crippen molar-refractivity contribution in [2.24, 2.45) is 0 Å². The first-order valence-electron chi connectivity index (χ1n) is 8.20. The van der Waals surface area contributed by atoms with Crippen molar-refractivity contribution < 1.29 is 0 Å². The van der Waals surface area contributed by atoms with Gasteiger partial charge < -0.3 is 0 Å². The van der Waals surface area contributed by atoms with Crippen LogP contribution in [0.5, 0.6) is 0 Å². The van der Waals surface area contributed by atoms with E-state index in [1.165, 1.54) is 42.6 Å². The average Bonchev–Trinajstić information content (AvgIpc) is 2.57. The molecule has 0 radical (unpaired) electrons. The molecular formula is C20H25N. The fraction of sp³-hybridized carbons (Fsp3) is 0.400. The van der Waals surface area contributed by atoms with Crippen LogP contribution in [0.15, 0.2) is 54.6 Å². The molecule has 1 heteroatoms. The van der Waals surface area contributed by atoms with Gasteiger partial charge in [0, 0.05) is 6.54 Å². The van der Waals surface area contributed by atoms with Gasteiger partial charge in [-0.2, -0.15) is 0 Å². The number of piperidine rings is 1. The molecule has 1 saturated heterocycles. The smallest absolute Gasteiger partial charge is 0.0233 e. The second kappa shape index (κ2) is 6.91. The highest BCUT2D eigenvalue weighted by atomic mass is 15.1. The van der Waals surface area contributed by atoms with Crippen LogP contribution in [0.25, 0.3) is 0 Å². The molecule has 1 fully saturated rings. The van der Waals surface area contributed by atoms with Crippen molar-refractivity contribution in [1.29, 1.82) is 0 Å². The average molecular weight is 279 g/mol. The standard InChI is InChI=1S/C20H25N/c1-2-17-8-10-19(11-9-17)20-12-14-21(15-13-20)16-18-6-4-3-5-7-18/h3-11,20H,2,12-16H2,1H3. The number of hydrogen-bond donors (Lipinski definition) is 0. The highest BCUT2D eigenvalue weighted by Gasteiger charge is 2.20. The molecule has 0 amide bonds. The summed E-state index contributed by atoms with van der Waals surface area (Å²) < 4.78 is 0. The van der Waals surface area contributed by atoms with E-state index in [0.29, 0.717) is 0 Å². The molecule has 0 N–H and O–H groups in total. The SMILES string of the molecule is CCc1ccc(C2CCN(Cc3ccccc3)CC2)cc1. The predicted molar refractivity (Wildman–Crippen MR) is 89.5 cm³/mol. The van der Waals surface area contributed by atoms with Gasteiger partial charge in [0.15, 0.2) is 0 Å². The Kier molecular flexibility index (Phi) is 4.72. The van der Waals surface area contributed by atoms with Crippen LogP contribution in [-0.2, 0) is 13.0 Å². The molecule has 2 aromatic rings. The van der Waals surface area contributed by atoms with Crippen LogP contribution in [-0.4, -0.2) is 18.0 Å². The van der Waals surface area contributed by atoms with Crippen molar-refractivity contribution in [3.8, 4) is 0 Å². The normalized spacial score (nSPS) is 17.0. The molecule has 1 aliphatic rings. The van der Waals surface area contributed by atoms with Crippen LogP contribution in [0, 0.1) is 0 Å². The Bertz CT molecular complexity index is 536. The van der Waals surface area contributed by atoms with Crippen LogP contribution in [0.3, 0.4) is 0 Å². The van der Waals surface area contributed by atoms with Crippen molar-refractivity contribution >= 4 is 0 Å². The van der Waals surface area contributed by atoms with E-state index in [0.717, 1.165) is 18.9 Å². The Hall–Kier alpha value is -1.60. The van der Waals surface area contributed by atoms with Gasteiger partial charge in [-0.05, 0) is 55.0 Å². The number of benzene rings is 2. The fourth-order valence-electron chi connectivity index (χ4n) is 3.29. The maximum absolute atomic E-state index is 2.59. The third-order valence-electron chi connectivity index (χ3n) is 4.70. The first kappa shape index (κ1) is 14.3. The van der Waals surface area contributed by atoms with E-state index in [1.807, 2.05) is 0 Å². The van der Waals surface area contributed by atoms with Gasteiger partial charge in [0.1, 0.15) is 0 Å². The minimum Gasteiger partial charge on any atom is -0.299 e. The molecule has 0 unspecified atom stereocenters. The topological polar surface area (TPSA) is 3.24 Å². The highest BCUT2D eigenvalue weighted by molar-refractivity contribution is 5.26. The Morgan fingerprint density at radius 1 is 0.857 bits per heavy atom. The number of likely N-dealkylation sites (tertiary alicyclic amines) is 1. The lowest BCUT2D eigenvalue weighted by atomic mass is 9.88. The largest absolute Gasteiger partial charge is 0.299 e. The molecule has 0 spiro atoms. The fourth-order valence-corrected chi connectivity index (χ4v) is 3.29. The van der Waals surface area contributed by atoms with Crippen LogP contribution in [0.4, 0.5) is 0 Å². The molecule has 110 valence electrons. The lowest BCUT2D eigenvalue weighted by molar-refractivity contribution is 0.204. The van der Waals surface area contributed by atoms with Gasteiger partial charge in [0.05, 0.1) is 0 Å². The van der Waals surface area contributed by atoms with Crippen molar-refractivity contribution in [2.75, 3.05) is 13.1 Å². The van der Waals surface area contributed by atoms with Crippen LogP contribution >= 0.6 is 0 Å². The number of aryl methyl sites for hydroxylation is 1. The summed E-state index contributed by atoms with van der Waals surface area (Å²) in [6.45, 7) is 5.75. The van der Waals surface area contributed by atoms with Gasteiger partial charge in [-0.15, -0.1) is 0 Å². The van der Waals surface area contributed by atoms with Crippen LogP contribution in [0.1, 0.15) is 42.4 Å². The quantitative estimate of drug-likeness (QED) is 0.789. The van der Waals surface area contributed by atoms with E-state index in [4.69, 9.17) is 0 Å². The molecule has 0 aromatic heterocycles. The van der Waals surface area contributed by atoms with E-state index in [-0.39, 0.29) is 0 Å². The second-order valence-electron chi connectivity index (χ2n) is 6.13. The first-order valence-corrected chi connectivity index (χ1v) is 8.20. The molecule has 0 atom stereocenters. The van der Waals surface area contributed by atoms with Gasteiger partial charge in [0.25, 0.3) is 0 Å². The van der Waals surface area contributed by atoms with E-state index in [1.54, 1.807) is 0 Å². The van der Waals surface area contributed by atoms with Gasteiger partial charge in [-0.3, -0.25) is 4.90 Å². The molecule has 2 aromatic carbocycles. The summed E-state index contributed by atoms with van der Waals surface area (Å²) in [5.41, 5.74) is 4.41. The maximum atomic E-state index is 2.59. The summed E-state index contributed by atoms with van der Waals surface area (Å²) in [5.74, 6) is 0.753. The van der Waals surface area contributed by atoms with E-state index >= 15 is 0 Å². The number of nitrogens with zero attached hydrogens (tertiary/aromatic N) is 1. The van der Waals surface area contributed by atoms with E-state index in [9.17, 15) is 0 Å². The van der Waals surface area contributed by atoms with Crippen LogP contribution < -0.4 is 0 Å². The Morgan fingerprint density at radius 2 is 1.52 bits per heavy atom. The van der Waals surface area contributed by atoms with Crippen molar-refractivity contribution in [3.05, 3.63) is 71.3 Å². The summed E-state index contributed by atoms with van der Waals surface area (Å²) in [6.07, 6.45) is 3.71. The molecular weight excluding hydrogens is 254 g/mol. The molecule has 0 bridgehead atoms. The summed E-state index contributed by atoms with van der Waals surface area (Å²) >= 11 is 0. The molecule has 3 rings (SSSR count). The molecule has 0 aliphatic carbocycles. The zero-order chi connectivity index (χ0) is 14.5. The minimum absolute atomic E-state index is 0.753. The second-order valence-corrected chi connectivity index (χ2v) is 6.13. The number of rotatable bonds is 4. The zero-order valence-corrected chi connectivity index (χ0v) is 13.0. The van der Waals surface area contributed by atoms with E-state index < -0.39 is 0 Å². The number of hydrogen-bond acceptors (Lipinski definition) is 1. The lowest BCUT2D eigenvalue weighted by Gasteiger charge is -2.32. The summed E-state index contributed by atoms with van der Waals surface area (Å²) in [7, 11) is 0. The van der Waals surface area contributed by atoms with Crippen molar-refractivity contribution in [3.63, 3.8) is 0 Å². The van der Waals surface area contributed by atoms with Crippen molar-refractivity contribution in [1.82, 2.24) is 4.90 Å². The summed E-state index contributed by atoms with van der Waals surface area (Å²) in [6, 6.07) is 20.1. The molecule has 1 aliphatic heterocycles. The summed E-state index contributed by atoms with van der Waals surface area (Å²) in [4.78, 5) is 2.59.